The van der Waals surface area contributed by atoms with Crippen LogP contribution in [-0.4, -0.2) is 23.9 Å². The van der Waals surface area contributed by atoms with Crippen LogP contribution in [0.1, 0.15) is 35.2 Å². The van der Waals surface area contributed by atoms with E-state index in [1.54, 1.807) is 0 Å². The predicted molar refractivity (Wildman–Crippen MR) is 72.3 cm³/mol. The van der Waals surface area contributed by atoms with Crippen LogP contribution in [0.4, 0.5) is 5.69 Å². The average molecular weight is 244 g/mol. The zero-order valence-electron chi connectivity index (χ0n) is 10.9. The van der Waals surface area contributed by atoms with E-state index in [0.717, 1.165) is 41.7 Å². The van der Waals surface area contributed by atoms with Crippen molar-refractivity contribution in [3.63, 3.8) is 0 Å². The number of hydrogen-bond acceptors (Lipinski definition) is 2. The number of carbonyl (C=O) groups excluding carboxylic acids is 1. The molecule has 96 valence electrons. The Morgan fingerprint density at radius 2 is 1.94 bits per heavy atom. The highest BCUT2D eigenvalue weighted by molar-refractivity contribution is 5.96. The number of nitrogen functional groups attached to an aromatic ring is 1. The molecule has 0 bridgehead atoms. The van der Waals surface area contributed by atoms with E-state index in [-0.39, 0.29) is 5.91 Å². The van der Waals surface area contributed by atoms with Gasteiger partial charge in [-0.25, -0.2) is 0 Å². The molecule has 0 spiro atoms. The number of carbonyl (C=O) groups is 1. The highest BCUT2D eigenvalue weighted by Gasteiger charge is 2.38. The number of hydrogen-bond donors (Lipinski definition) is 1. The Morgan fingerprint density at radius 1 is 1.28 bits per heavy atom. The average Bonchev–Trinajstić information content (AvgIpc) is 2.87. The molecule has 1 amide bonds. The molecule has 2 fully saturated rings. The molecule has 1 heterocycles. The van der Waals surface area contributed by atoms with Crippen molar-refractivity contribution in [3.8, 4) is 0 Å². The summed E-state index contributed by atoms with van der Waals surface area (Å²) in [5, 5.41) is 0. The van der Waals surface area contributed by atoms with Crippen LogP contribution in [0, 0.1) is 18.8 Å². The topological polar surface area (TPSA) is 46.3 Å². The van der Waals surface area contributed by atoms with E-state index >= 15 is 0 Å². The standard InChI is InChI=1S/C15H20N2O/c1-10-7-13(16)5-6-14(10)15(18)17-8-11-3-2-4-12(11)9-17/h5-7,11-12H,2-4,8-9,16H2,1H3. The quantitative estimate of drug-likeness (QED) is 0.771. The summed E-state index contributed by atoms with van der Waals surface area (Å²) in [6.45, 7) is 3.86. The molecule has 1 saturated heterocycles. The third-order valence-corrected chi connectivity index (χ3v) is 4.49. The minimum Gasteiger partial charge on any atom is -0.399 e. The maximum Gasteiger partial charge on any atom is 0.254 e. The molecular formula is C15H20N2O. The van der Waals surface area contributed by atoms with Crippen molar-refractivity contribution in [2.45, 2.75) is 26.2 Å². The SMILES string of the molecule is Cc1cc(N)ccc1C(=O)N1CC2CCCC2C1. The summed E-state index contributed by atoms with van der Waals surface area (Å²) in [6, 6.07) is 5.56. The van der Waals surface area contributed by atoms with Crippen LogP contribution < -0.4 is 5.73 Å². The second-order valence-electron chi connectivity index (χ2n) is 5.74. The summed E-state index contributed by atoms with van der Waals surface area (Å²) in [7, 11) is 0. The third-order valence-electron chi connectivity index (χ3n) is 4.49. The number of aryl methyl sites for hydroxylation is 1. The summed E-state index contributed by atoms with van der Waals surface area (Å²) in [5.74, 6) is 1.69. The van der Waals surface area contributed by atoms with Gasteiger partial charge >= 0.3 is 0 Å². The van der Waals surface area contributed by atoms with Gasteiger partial charge in [0.25, 0.3) is 5.91 Å². The summed E-state index contributed by atoms with van der Waals surface area (Å²) in [4.78, 5) is 14.5. The first-order valence-corrected chi connectivity index (χ1v) is 6.80. The van der Waals surface area contributed by atoms with Crippen molar-refractivity contribution < 1.29 is 4.79 Å². The van der Waals surface area contributed by atoms with Gasteiger partial charge in [0.05, 0.1) is 0 Å². The maximum atomic E-state index is 12.5. The van der Waals surface area contributed by atoms with Gasteiger partial charge in [0.1, 0.15) is 0 Å². The molecular weight excluding hydrogens is 224 g/mol. The molecule has 18 heavy (non-hydrogen) atoms. The van der Waals surface area contributed by atoms with Gasteiger partial charge in [-0.05, 0) is 55.4 Å². The molecule has 3 heteroatoms. The largest absolute Gasteiger partial charge is 0.399 e. The van der Waals surface area contributed by atoms with E-state index in [9.17, 15) is 4.79 Å². The Morgan fingerprint density at radius 3 is 2.56 bits per heavy atom. The van der Waals surface area contributed by atoms with Crippen molar-refractivity contribution in [1.82, 2.24) is 4.90 Å². The van der Waals surface area contributed by atoms with Crippen LogP contribution in [0.2, 0.25) is 0 Å². The van der Waals surface area contributed by atoms with Gasteiger partial charge in [-0.15, -0.1) is 0 Å². The monoisotopic (exact) mass is 244 g/mol. The van der Waals surface area contributed by atoms with Gasteiger partial charge in [0.15, 0.2) is 0 Å². The van der Waals surface area contributed by atoms with Gasteiger partial charge in [-0.2, -0.15) is 0 Å². The minimum absolute atomic E-state index is 0.182. The van der Waals surface area contributed by atoms with Crippen LogP contribution in [0.3, 0.4) is 0 Å². The van der Waals surface area contributed by atoms with Crippen molar-refractivity contribution in [2.75, 3.05) is 18.8 Å². The van der Waals surface area contributed by atoms with E-state index in [1.807, 2.05) is 30.0 Å². The van der Waals surface area contributed by atoms with E-state index in [4.69, 9.17) is 5.73 Å². The molecule has 2 N–H and O–H groups in total. The maximum absolute atomic E-state index is 12.5. The lowest BCUT2D eigenvalue weighted by molar-refractivity contribution is 0.0780. The van der Waals surface area contributed by atoms with Crippen LogP contribution in [0.5, 0.6) is 0 Å². The predicted octanol–water partition coefficient (Wildman–Crippen LogP) is 2.45. The minimum atomic E-state index is 0.182. The Hall–Kier alpha value is -1.51. The number of amides is 1. The Kier molecular flexibility index (Phi) is 2.77. The number of nitrogens with zero attached hydrogens (tertiary/aromatic N) is 1. The number of nitrogens with two attached hydrogens (primary N) is 1. The summed E-state index contributed by atoms with van der Waals surface area (Å²) in [6.07, 6.45) is 3.95. The van der Waals surface area contributed by atoms with E-state index < -0.39 is 0 Å². The zero-order chi connectivity index (χ0) is 12.7. The van der Waals surface area contributed by atoms with Crippen molar-refractivity contribution in [2.24, 2.45) is 11.8 Å². The van der Waals surface area contributed by atoms with Crippen molar-refractivity contribution in [3.05, 3.63) is 29.3 Å². The van der Waals surface area contributed by atoms with Crippen LogP contribution >= 0.6 is 0 Å². The Labute approximate surface area is 108 Å². The lowest BCUT2D eigenvalue weighted by atomic mass is 10.0. The summed E-state index contributed by atoms with van der Waals surface area (Å²) < 4.78 is 0. The molecule has 2 atom stereocenters. The van der Waals surface area contributed by atoms with Crippen LogP contribution in [0.15, 0.2) is 18.2 Å². The lowest BCUT2D eigenvalue weighted by Crippen LogP contribution is -2.30. The molecule has 3 nitrogen and oxygen atoms in total. The Bertz CT molecular complexity index is 471. The van der Waals surface area contributed by atoms with Gasteiger partial charge in [-0.1, -0.05) is 6.42 Å². The summed E-state index contributed by atoms with van der Waals surface area (Å²) >= 11 is 0. The van der Waals surface area contributed by atoms with Crippen molar-refractivity contribution >= 4 is 11.6 Å². The fraction of sp³-hybridized carbons (Fsp3) is 0.533. The number of benzene rings is 1. The second-order valence-corrected chi connectivity index (χ2v) is 5.74. The number of fused-ring (bicyclic) bond motifs is 1. The molecule has 3 rings (SSSR count). The smallest absolute Gasteiger partial charge is 0.254 e. The molecule has 2 unspecified atom stereocenters. The number of likely N-dealkylation sites (tertiary alicyclic amines) is 1. The molecule has 1 aromatic rings. The van der Waals surface area contributed by atoms with E-state index in [2.05, 4.69) is 0 Å². The first-order chi connectivity index (χ1) is 8.65. The van der Waals surface area contributed by atoms with Crippen molar-refractivity contribution in [1.29, 1.82) is 0 Å². The van der Waals surface area contributed by atoms with Gasteiger partial charge in [0.2, 0.25) is 0 Å². The van der Waals surface area contributed by atoms with E-state index in [0.29, 0.717) is 0 Å². The third kappa shape index (κ3) is 1.88. The fourth-order valence-corrected chi connectivity index (χ4v) is 3.50. The van der Waals surface area contributed by atoms with Gasteiger partial charge < -0.3 is 10.6 Å². The van der Waals surface area contributed by atoms with Gasteiger partial charge in [-0.3, -0.25) is 4.79 Å². The molecule has 1 aromatic carbocycles. The Balaban J connectivity index is 1.79. The first-order valence-electron chi connectivity index (χ1n) is 6.80. The molecule has 1 aliphatic heterocycles. The van der Waals surface area contributed by atoms with Gasteiger partial charge in [0, 0.05) is 24.3 Å². The highest BCUT2D eigenvalue weighted by Crippen LogP contribution is 2.38. The highest BCUT2D eigenvalue weighted by atomic mass is 16.2. The van der Waals surface area contributed by atoms with E-state index in [1.165, 1.54) is 19.3 Å². The second kappa shape index (κ2) is 4.30. The molecule has 1 saturated carbocycles. The summed E-state index contributed by atoms with van der Waals surface area (Å²) in [5.41, 5.74) is 8.25. The van der Waals surface area contributed by atoms with Crippen LogP contribution in [-0.2, 0) is 0 Å². The normalized spacial score (nSPS) is 26.4. The number of anilines is 1. The van der Waals surface area contributed by atoms with Crippen LogP contribution in [0.25, 0.3) is 0 Å². The number of rotatable bonds is 1. The molecule has 1 aliphatic carbocycles. The lowest BCUT2D eigenvalue weighted by Gasteiger charge is -2.18. The zero-order valence-corrected chi connectivity index (χ0v) is 10.9. The molecule has 0 aromatic heterocycles. The molecule has 2 aliphatic rings. The fourth-order valence-electron chi connectivity index (χ4n) is 3.50. The first kappa shape index (κ1) is 11.6. The molecule has 0 radical (unpaired) electrons.